The third kappa shape index (κ3) is 7.20. The van der Waals surface area contributed by atoms with E-state index in [1.165, 1.54) is 0 Å². The van der Waals surface area contributed by atoms with E-state index in [0.717, 1.165) is 28.2 Å². The van der Waals surface area contributed by atoms with Gasteiger partial charge in [0.05, 0.1) is 19.5 Å². The Hall–Kier alpha value is -3.09. The first-order chi connectivity index (χ1) is 16.9. The van der Waals surface area contributed by atoms with E-state index in [1.807, 2.05) is 85.8 Å². The first kappa shape index (κ1) is 26.5. The van der Waals surface area contributed by atoms with Crippen LogP contribution in [0.1, 0.15) is 30.0 Å². The maximum Gasteiger partial charge on any atom is 0.218 e. The van der Waals surface area contributed by atoms with Gasteiger partial charge in [0.15, 0.2) is 0 Å². The van der Waals surface area contributed by atoms with Crippen LogP contribution < -0.4 is 9.47 Å². The maximum absolute atomic E-state index is 14.2. The molecular weight excluding hydrogens is 458 g/mol. The summed E-state index contributed by atoms with van der Waals surface area (Å²) in [6, 6.07) is 24.9. The van der Waals surface area contributed by atoms with Crippen molar-refractivity contribution < 1.29 is 17.9 Å². The highest BCUT2D eigenvalue weighted by atomic mass is 32.2. The maximum atomic E-state index is 14.2. The summed E-state index contributed by atoms with van der Waals surface area (Å²) in [6.45, 7) is 6.38. The van der Waals surface area contributed by atoms with Gasteiger partial charge in [-0.1, -0.05) is 67.6 Å². The topological polar surface area (TPSA) is 55.8 Å². The summed E-state index contributed by atoms with van der Waals surface area (Å²) in [5.41, 5.74) is 2.81. The highest BCUT2D eigenvalue weighted by molar-refractivity contribution is 7.89. The Morgan fingerprint density at radius 3 is 1.71 bits per heavy atom. The molecule has 1 unspecified atom stereocenters. The van der Waals surface area contributed by atoms with Crippen LogP contribution >= 0.6 is 0 Å². The van der Waals surface area contributed by atoms with Crippen LogP contribution in [-0.4, -0.2) is 32.2 Å². The van der Waals surface area contributed by atoms with Crippen LogP contribution in [0.5, 0.6) is 11.5 Å². The van der Waals surface area contributed by atoms with Crippen LogP contribution in [0.2, 0.25) is 0 Å². The molecule has 0 saturated carbocycles. The molecule has 5 nitrogen and oxygen atoms in total. The number of sulfonamides is 1. The van der Waals surface area contributed by atoms with Crippen LogP contribution in [0.25, 0.3) is 0 Å². The van der Waals surface area contributed by atoms with Crippen molar-refractivity contribution in [2.24, 2.45) is 5.92 Å². The molecule has 0 bridgehead atoms. The Morgan fingerprint density at radius 2 is 1.29 bits per heavy atom. The number of hydrogen-bond acceptors (Lipinski definition) is 4. The smallest absolute Gasteiger partial charge is 0.218 e. The number of methoxy groups -OCH3 is 2. The number of rotatable bonds is 13. The molecule has 6 heteroatoms. The minimum atomic E-state index is -3.69. The number of ether oxygens (including phenoxy) is 2. The lowest BCUT2D eigenvalue weighted by Gasteiger charge is -2.31. The molecule has 0 heterocycles. The second-order valence-electron chi connectivity index (χ2n) is 8.74. The van der Waals surface area contributed by atoms with Gasteiger partial charge in [-0.2, -0.15) is 4.31 Å². The number of nitrogens with zero attached hydrogens (tertiary/aromatic N) is 1. The van der Waals surface area contributed by atoms with Gasteiger partial charge in [-0.15, -0.1) is 6.58 Å². The molecule has 3 aromatic carbocycles. The normalized spacial score (nSPS) is 13.3. The molecule has 0 amide bonds. The number of hydrogen-bond donors (Lipinski definition) is 0. The van der Waals surface area contributed by atoms with E-state index in [4.69, 9.17) is 9.47 Å². The second-order valence-corrected chi connectivity index (χ2v) is 10.9. The summed E-state index contributed by atoms with van der Waals surface area (Å²) in [6.07, 6.45) is 2.87. The van der Waals surface area contributed by atoms with Crippen molar-refractivity contribution in [1.82, 2.24) is 4.31 Å². The van der Waals surface area contributed by atoms with E-state index in [2.05, 4.69) is 6.58 Å². The summed E-state index contributed by atoms with van der Waals surface area (Å²) < 4.78 is 40.6. The molecule has 0 aliphatic rings. The van der Waals surface area contributed by atoms with E-state index < -0.39 is 15.3 Å². The van der Waals surface area contributed by atoms with Gasteiger partial charge in [-0.25, -0.2) is 8.42 Å². The fraction of sp³-hybridized carbons (Fsp3) is 0.310. The van der Waals surface area contributed by atoms with E-state index >= 15 is 0 Å². The molecule has 3 rings (SSSR count). The lowest BCUT2D eigenvalue weighted by molar-refractivity contribution is 0.377. The van der Waals surface area contributed by atoms with Crippen molar-refractivity contribution in [3.63, 3.8) is 0 Å². The van der Waals surface area contributed by atoms with Gasteiger partial charge in [0.2, 0.25) is 10.0 Å². The highest BCUT2D eigenvalue weighted by Gasteiger charge is 2.35. The summed E-state index contributed by atoms with van der Waals surface area (Å²) in [7, 11) is -0.456. The summed E-state index contributed by atoms with van der Waals surface area (Å²) in [5, 5.41) is -0.584. The van der Waals surface area contributed by atoms with E-state index in [-0.39, 0.29) is 19.0 Å². The first-order valence-electron chi connectivity index (χ1n) is 11.8. The van der Waals surface area contributed by atoms with Crippen LogP contribution in [0.15, 0.2) is 91.5 Å². The molecule has 0 fully saturated rings. The van der Waals surface area contributed by atoms with Crippen molar-refractivity contribution in [3.8, 4) is 11.5 Å². The van der Waals surface area contributed by atoms with E-state index in [1.54, 1.807) is 24.6 Å². The fourth-order valence-corrected chi connectivity index (χ4v) is 6.30. The standard InChI is InChI=1S/C29H35NO4S/c1-5-9-23(2)29(20-24-10-7-6-8-11-24)35(31,32)30(21-25-12-16-27(33-3)17-13-25)22-26-14-18-28(34-4)19-15-26/h5-8,10-19,23,29H,1,9,20-22H2,2-4H3/t23-,29?/m1/s1. The molecule has 0 spiro atoms. The molecule has 35 heavy (non-hydrogen) atoms. The molecule has 0 N–H and O–H groups in total. The molecule has 186 valence electrons. The van der Waals surface area contributed by atoms with Gasteiger partial charge in [-0.05, 0) is 59.7 Å². The Labute approximate surface area is 210 Å². The average Bonchev–Trinajstić information content (AvgIpc) is 2.88. The van der Waals surface area contributed by atoms with Crippen molar-refractivity contribution in [3.05, 3.63) is 108 Å². The predicted octanol–water partition coefficient (Wildman–Crippen LogP) is 5.86. The van der Waals surface area contributed by atoms with Crippen LogP contribution in [-0.2, 0) is 29.5 Å². The predicted molar refractivity (Wildman–Crippen MR) is 142 cm³/mol. The third-order valence-corrected chi connectivity index (χ3v) is 8.61. The van der Waals surface area contributed by atoms with Gasteiger partial charge in [0.25, 0.3) is 0 Å². The van der Waals surface area contributed by atoms with Gasteiger partial charge in [0.1, 0.15) is 11.5 Å². The first-order valence-corrected chi connectivity index (χ1v) is 13.3. The zero-order valence-corrected chi connectivity index (χ0v) is 21.6. The summed E-state index contributed by atoms with van der Waals surface area (Å²) in [5.74, 6) is 1.38. The third-order valence-electron chi connectivity index (χ3n) is 6.23. The molecule has 0 radical (unpaired) electrons. The summed E-state index contributed by atoms with van der Waals surface area (Å²) in [4.78, 5) is 0. The van der Waals surface area contributed by atoms with Gasteiger partial charge >= 0.3 is 0 Å². The Balaban J connectivity index is 1.98. The molecule has 0 aliphatic heterocycles. The van der Waals surface area contributed by atoms with Crippen molar-refractivity contribution in [2.45, 2.75) is 38.1 Å². The van der Waals surface area contributed by atoms with E-state index in [9.17, 15) is 8.42 Å². The summed E-state index contributed by atoms with van der Waals surface area (Å²) >= 11 is 0. The number of allylic oxidation sites excluding steroid dienone is 1. The fourth-order valence-electron chi connectivity index (χ4n) is 4.16. The zero-order chi connectivity index (χ0) is 25.3. The SMILES string of the molecule is C=CC[C@@H](C)C(Cc1ccccc1)S(=O)(=O)N(Cc1ccc(OC)cc1)Cc1ccc(OC)cc1. The monoisotopic (exact) mass is 493 g/mol. The lowest BCUT2D eigenvalue weighted by atomic mass is 9.98. The highest BCUT2D eigenvalue weighted by Crippen LogP contribution is 2.28. The van der Waals surface area contributed by atoms with Crippen molar-refractivity contribution in [2.75, 3.05) is 14.2 Å². The van der Waals surface area contributed by atoms with Crippen LogP contribution in [0.4, 0.5) is 0 Å². The second kappa shape index (κ2) is 12.6. The minimum Gasteiger partial charge on any atom is -0.497 e. The van der Waals surface area contributed by atoms with Crippen LogP contribution in [0, 0.1) is 5.92 Å². The van der Waals surface area contributed by atoms with Gasteiger partial charge in [0, 0.05) is 13.1 Å². The molecule has 0 aliphatic carbocycles. The van der Waals surface area contributed by atoms with E-state index in [0.29, 0.717) is 12.8 Å². The largest absolute Gasteiger partial charge is 0.497 e. The molecular formula is C29H35NO4S. The Kier molecular flexibility index (Phi) is 9.52. The molecule has 0 aromatic heterocycles. The van der Waals surface area contributed by atoms with Crippen LogP contribution in [0.3, 0.4) is 0 Å². The van der Waals surface area contributed by atoms with Crippen molar-refractivity contribution in [1.29, 1.82) is 0 Å². The molecule has 0 saturated heterocycles. The number of benzene rings is 3. The zero-order valence-electron chi connectivity index (χ0n) is 20.8. The Bertz CT molecular complexity index is 1110. The van der Waals surface area contributed by atoms with Crippen molar-refractivity contribution >= 4 is 10.0 Å². The van der Waals surface area contributed by atoms with Gasteiger partial charge in [-0.3, -0.25) is 0 Å². The molecule has 2 atom stereocenters. The quantitative estimate of drug-likeness (QED) is 0.280. The molecule has 3 aromatic rings. The lowest BCUT2D eigenvalue weighted by Crippen LogP contribution is -2.42. The van der Waals surface area contributed by atoms with Gasteiger partial charge < -0.3 is 9.47 Å². The Morgan fingerprint density at radius 1 is 0.800 bits per heavy atom. The minimum absolute atomic E-state index is 0.0908. The average molecular weight is 494 g/mol.